The van der Waals surface area contributed by atoms with Crippen LogP contribution in [0, 0.1) is 6.92 Å². The third-order valence-electron chi connectivity index (χ3n) is 2.49. The van der Waals surface area contributed by atoms with E-state index in [1.165, 1.54) is 0 Å². The Morgan fingerprint density at radius 3 is 2.22 bits per heavy atom. The van der Waals surface area contributed by atoms with Crippen molar-refractivity contribution >= 4 is 45.5 Å². The van der Waals surface area contributed by atoms with E-state index in [2.05, 4.69) is 22.9 Å². The Morgan fingerprint density at radius 2 is 1.83 bits per heavy atom. The average molecular weight is 282 g/mol. The fourth-order valence-electron chi connectivity index (χ4n) is 1.64. The summed E-state index contributed by atoms with van der Waals surface area (Å²) in [5.41, 5.74) is 1.78. The van der Waals surface area contributed by atoms with E-state index in [0.717, 1.165) is 24.3 Å². The molecule has 0 saturated carbocycles. The zero-order valence-corrected chi connectivity index (χ0v) is 11.1. The second kappa shape index (κ2) is 7.35. The van der Waals surface area contributed by atoms with Gasteiger partial charge in [0.1, 0.15) is 5.75 Å². The van der Waals surface area contributed by atoms with Gasteiger partial charge in [0.2, 0.25) is 0 Å². The van der Waals surface area contributed by atoms with Crippen molar-refractivity contribution in [1.29, 1.82) is 0 Å². The standard InChI is InChI=1S/C11H18N2O3S.Na.H/c1-4-13(5-2)10-6-7-11(9(3)8-10)16-17(12,14)15;;/h6-8H,4-5H2,1-3H3,(H2,12,14,15);;. The Morgan fingerprint density at radius 1 is 1.28 bits per heavy atom. The summed E-state index contributed by atoms with van der Waals surface area (Å²) in [5.74, 6) is 0.267. The van der Waals surface area contributed by atoms with Gasteiger partial charge >= 0.3 is 39.9 Å². The van der Waals surface area contributed by atoms with Gasteiger partial charge in [-0.15, -0.1) is 0 Å². The number of hydrogen-bond donors (Lipinski definition) is 1. The molecule has 0 amide bonds. The Hall–Kier alpha value is -0.270. The molecule has 0 spiro atoms. The van der Waals surface area contributed by atoms with Gasteiger partial charge in [-0.05, 0) is 44.5 Å². The van der Waals surface area contributed by atoms with E-state index in [0.29, 0.717) is 0 Å². The molecule has 0 heterocycles. The predicted octanol–water partition coefficient (Wildman–Crippen LogP) is 0.775. The molecule has 0 radical (unpaired) electrons. The monoisotopic (exact) mass is 282 g/mol. The normalized spacial score (nSPS) is 10.7. The second-order valence-corrected chi connectivity index (χ2v) is 4.85. The molecular weight excluding hydrogens is 263 g/mol. The van der Waals surface area contributed by atoms with Gasteiger partial charge in [0, 0.05) is 18.8 Å². The molecule has 0 aliphatic carbocycles. The molecule has 0 aliphatic rings. The Labute approximate surface area is 131 Å². The van der Waals surface area contributed by atoms with Crippen molar-refractivity contribution in [2.24, 2.45) is 5.14 Å². The summed E-state index contributed by atoms with van der Waals surface area (Å²) in [5, 5.41) is 4.83. The van der Waals surface area contributed by atoms with Crippen molar-refractivity contribution in [2.75, 3.05) is 18.0 Å². The number of nitrogens with zero attached hydrogens (tertiary/aromatic N) is 1. The minimum absolute atomic E-state index is 0. The van der Waals surface area contributed by atoms with Crippen LogP contribution in [0.1, 0.15) is 19.4 Å². The van der Waals surface area contributed by atoms with Gasteiger partial charge < -0.3 is 9.08 Å². The van der Waals surface area contributed by atoms with E-state index in [9.17, 15) is 8.42 Å². The summed E-state index contributed by atoms with van der Waals surface area (Å²) in [7, 11) is -3.96. The summed E-state index contributed by atoms with van der Waals surface area (Å²) in [6, 6.07) is 5.32. The van der Waals surface area contributed by atoms with Crippen molar-refractivity contribution in [3.05, 3.63) is 23.8 Å². The third kappa shape index (κ3) is 5.16. The molecule has 1 rings (SSSR count). The zero-order valence-electron chi connectivity index (χ0n) is 10.3. The molecule has 0 unspecified atom stereocenters. The van der Waals surface area contributed by atoms with Gasteiger partial charge in [-0.2, -0.15) is 13.6 Å². The van der Waals surface area contributed by atoms with Gasteiger partial charge in [0.05, 0.1) is 0 Å². The number of hydrogen-bond acceptors (Lipinski definition) is 4. The van der Waals surface area contributed by atoms with Crippen molar-refractivity contribution in [3.63, 3.8) is 0 Å². The first-order valence-electron chi connectivity index (χ1n) is 5.45. The van der Waals surface area contributed by atoms with Crippen LogP contribution in [0.3, 0.4) is 0 Å². The Balaban J connectivity index is 0.00000289. The quantitative estimate of drug-likeness (QED) is 0.810. The zero-order chi connectivity index (χ0) is 13.1. The van der Waals surface area contributed by atoms with E-state index in [4.69, 9.17) is 5.14 Å². The van der Waals surface area contributed by atoms with Crippen LogP contribution in [0.25, 0.3) is 0 Å². The molecule has 1 aromatic rings. The third-order valence-corrected chi connectivity index (χ3v) is 2.90. The first-order chi connectivity index (χ1) is 7.87. The molecule has 1 aromatic carbocycles. The van der Waals surface area contributed by atoms with E-state index in [-0.39, 0.29) is 35.3 Å². The number of benzene rings is 1. The maximum atomic E-state index is 10.8. The fraction of sp³-hybridized carbons (Fsp3) is 0.455. The van der Waals surface area contributed by atoms with Gasteiger partial charge in [-0.25, -0.2) is 0 Å². The van der Waals surface area contributed by atoms with Gasteiger partial charge in [-0.1, -0.05) is 0 Å². The predicted molar refractivity (Wildman–Crippen MR) is 75.6 cm³/mol. The van der Waals surface area contributed by atoms with E-state index < -0.39 is 10.3 Å². The van der Waals surface area contributed by atoms with Crippen LogP contribution < -0.4 is 14.2 Å². The van der Waals surface area contributed by atoms with Crippen LogP contribution in [0.5, 0.6) is 5.75 Å². The molecule has 0 aliphatic heterocycles. The Bertz CT molecular complexity index is 487. The van der Waals surface area contributed by atoms with Crippen LogP contribution in [0.15, 0.2) is 18.2 Å². The van der Waals surface area contributed by atoms with Crippen LogP contribution in [-0.4, -0.2) is 51.1 Å². The molecule has 0 fully saturated rings. The summed E-state index contributed by atoms with van der Waals surface area (Å²) >= 11 is 0. The van der Waals surface area contributed by atoms with Crippen molar-refractivity contribution in [1.82, 2.24) is 0 Å². The second-order valence-electron chi connectivity index (χ2n) is 3.70. The van der Waals surface area contributed by atoms with E-state index >= 15 is 0 Å². The van der Waals surface area contributed by atoms with Crippen molar-refractivity contribution < 1.29 is 12.6 Å². The Kier molecular flexibility index (Phi) is 7.24. The number of nitrogens with two attached hydrogens (primary N) is 1. The van der Waals surface area contributed by atoms with Crippen LogP contribution in [0.2, 0.25) is 0 Å². The van der Waals surface area contributed by atoms with Crippen LogP contribution >= 0.6 is 0 Å². The maximum absolute atomic E-state index is 10.8. The van der Waals surface area contributed by atoms with Crippen molar-refractivity contribution in [2.45, 2.75) is 20.8 Å². The number of rotatable bonds is 5. The van der Waals surface area contributed by atoms with Crippen LogP contribution in [-0.2, 0) is 10.3 Å². The van der Waals surface area contributed by atoms with Crippen LogP contribution in [0.4, 0.5) is 5.69 Å². The average Bonchev–Trinajstić information content (AvgIpc) is 2.22. The molecule has 7 heteroatoms. The SMILES string of the molecule is CCN(CC)c1ccc(OS(N)(=O)=O)c(C)c1.[NaH]. The molecule has 0 atom stereocenters. The van der Waals surface area contributed by atoms with E-state index in [1.807, 2.05) is 12.1 Å². The number of aryl methyl sites for hydroxylation is 1. The molecule has 2 N–H and O–H groups in total. The molecule has 0 aromatic heterocycles. The molecule has 0 bridgehead atoms. The van der Waals surface area contributed by atoms with Gasteiger partial charge in [-0.3, -0.25) is 0 Å². The molecular formula is C11H19N2NaO3S. The van der Waals surface area contributed by atoms with Crippen molar-refractivity contribution in [3.8, 4) is 5.75 Å². The summed E-state index contributed by atoms with van der Waals surface area (Å²) in [6.45, 7) is 7.70. The topological polar surface area (TPSA) is 72.6 Å². The summed E-state index contributed by atoms with van der Waals surface area (Å²) in [6.07, 6.45) is 0. The molecule has 98 valence electrons. The number of anilines is 1. The van der Waals surface area contributed by atoms with Gasteiger partial charge in [0.25, 0.3) is 0 Å². The summed E-state index contributed by atoms with van der Waals surface area (Å²) < 4.78 is 26.3. The van der Waals surface area contributed by atoms with E-state index in [1.54, 1.807) is 13.0 Å². The molecule has 0 saturated heterocycles. The molecule has 18 heavy (non-hydrogen) atoms. The molecule has 5 nitrogen and oxygen atoms in total. The fourth-order valence-corrected chi connectivity index (χ4v) is 2.07. The first-order valence-corrected chi connectivity index (χ1v) is 6.92. The summed E-state index contributed by atoms with van der Waals surface area (Å²) in [4.78, 5) is 2.16. The first kappa shape index (κ1) is 17.7. The minimum atomic E-state index is -3.96. The van der Waals surface area contributed by atoms with Gasteiger partial charge in [0.15, 0.2) is 0 Å².